The van der Waals surface area contributed by atoms with Crippen LogP contribution < -0.4 is 0 Å². The van der Waals surface area contributed by atoms with Crippen LogP contribution in [0.5, 0.6) is 0 Å². The Labute approximate surface area is 176 Å². The molecule has 29 heavy (non-hydrogen) atoms. The number of likely N-dealkylation sites (N-methyl/N-ethyl adjacent to an activating group) is 1. The zero-order valence-electron chi connectivity index (χ0n) is 15.0. The fourth-order valence-corrected chi connectivity index (χ4v) is 4.83. The van der Waals surface area contributed by atoms with Gasteiger partial charge in [-0.15, -0.1) is 4.40 Å². The van der Waals surface area contributed by atoms with Gasteiger partial charge in [-0.25, -0.2) is 0 Å². The van der Waals surface area contributed by atoms with E-state index < -0.39 is 14.9 Å². The standard InChI is InChI=1S/C18H14ClN3O5S2/c1-2-21-17(23)16(11-12-3-7-14(8-4-12)22(24)25)28-18(21)20-29(26,27)15-9-5-13(19)6-10-15/h3-11H,2H2,1H3/b16-11-,20-18+. The van der Waals surface area contributed by atoms with Crippen molar-refractivity contribution in [1.82, 2.24) is 4.90 Å². The van der Waals surface area contributed by atoms with E-state index >= 15 is 0 Å². The summed E-state index contributed by atoms with van der Waals surface area (Å²) in [4.78, 5) is 24.4. The SMILES string of the molecule is CCN1C(=O)/C(=C/c2ccc([N+](=O)[O-])cc2)S/C1=N/S(=O)(=O)c1ccc(Cl)cc1. The van der Waals surface area contributed by atoms with Crippen LogP contribution in [0.25, 0.3) is 6.08 Å². The lowest BCUT2D eigenvalue weighted by molar-refractivity contribution is -0.384. The minimum Gasteiger partial charge on any atom is -0.286 e. The van der Waals surface area contributed by atoms with Gasteiger partial charge in [0.25, 0.3) is 21.6 Å². The molecule has 3 rings (SSSR count). The second-order valence-electron chi connectivity index (χ2n) is 5.81. The average Bonchev–Trinajstić information content (AvgIpc) is 2.96. The van der Waals surface area contributed by atoms with Gasteiger partial charge >= 0.3 is 0 Å². The quantitative estimate of drug-likeness (QED) is 0.387. The van der Waals surface area contributed by atoms with Crippen LogP contribution in [0, 0.1) is 10.1 Å². The molecule has 1 aliphatic rings. The summed E-state index contributed by atoms with van der Waals surface area (Å²) in [6, 6.07) is 11.2. The zero-order valence-corrected chi connectivity index (χ0v) is 17.4. The first-order valence-electron chi connectivity index (χ1n) is 8.27. The molecule has 2 aromatic carbocycles. The Morgan fingerprint density at radius 2 is 1.79 bits per heavy atom. The number of rotatable bonds is 5. The van der Waals surface area contributed by atoms with E-state index in [-0.39, 0.29) is 33.1 Å². The molecule has 0 saturated carbocycles. The molecule has 8 nitrogen and oxygen atoms in total. The van der Waals surface area contributed by atoms with E-state index in [0.29, 0.717) is 10.6 Å². The zero-order chi connectivity index (χ0) is 21.2. The third kappa shape index (κ3) is 4.66. The number of non-ortho nitro benzene ring substituents is 1. The summed E-state index contributed by atoms with van der Waals surface area (Å²) in [7, 11) is -4.03. The van der Waals surface area contributed by atoms with Gasteiger partial charge in [0.1, 0.15) is 0 Å². The smallest absolute Gasteiger partial charge is 0.284 e. The first-order valence-corrected chi connectivity index (χ1v) is 10.9. The molecule has 1 heterocycles. The number of carbonyl (C=O) groups is 1. The van der Waals surface area contributed by atoms with E-state index in [9.17, 15) is 23.3 Å². The highest BCUT2D eigenvalue weighted by molar-refractivity contribution is 8.19. The Balaban J connectivity index is 1.93. The Hall–Kier alpha value is -2.69. The molecule has 11 heteroatoms. The van der Waals surface area contributed by atoms with Crippen molar-refractivity contribution in [2.75, 3.05) is 6.54 Å². The van der Waals surface area contributed by atoms with Crippen LogP contribution in [0.15, 0.2) is 62.7 Å². The monoisotopic (exact) mass is 451 g/mol. The molecule has 0 bridgehead atoms. The van der Waals surface area contributed by atoms with E-state index in [4.69, 9.17) is 11.6 Å². The molecular formula is C18H14ClN3O5S2. The van der Waals surface area contributed by atoms with E-state index in [1.165, 1.54) is 59.5 Å². The molecule has 1 fully saturated rings. The molecule has 0 N–H and O–H groups in total. The summed E-state index contributed by atoms with van der Waals surface area (Å²) >= 11 is 6.72. The van der Waals surface area contributed by atoms with Gasteiger partial charge in [-0.2, -0.15) is 8.42 Å². The molecule has 0 atom stereocenters. The van der Waals surface area contributed by atoms with Gasteiger partial charge in [0, 0.05) is 23.7 Å². The minimum absolute atomic E-state index is 0.0358. The van der Waals surface area contributed by atoms with Crippen LogP contribution in [0.1, 0.15) is 12.5 Å². The number of sulfonamides is 1. The number of carbonyl (C=O) groups excluding carboxylic acids is 1. The van der Waals surface area contributed by atoms with Gasteiger partial charge in [0.15, 0.2) is 5.17 Å². The third-order valence-corrected chi connectivity index (χ3v) is 6.57. The molecule has 150 valence electrons. The molecule has 1 amide bonds. The predicted molar refractivity (Wildman–Crippen MR) is 112 cm³/mol. The number of halogens is 1. The first-order chi connectivity index (χ1) is 13.7. The number of amides is 1. The van der Waals surface area contributed by atoms with Gasteiger partial charge in [-0.05, 0) is 66.7 Å². The van der Waals surface area contributed by atoms with Crippen molar-refractivity contribution in [3.8, 4) is 0 Å². The number of thioether (sulfide) groups is 1. The Morgan fingerprint density at radius 3 is 2.34 bits per heavy atom. The summed E-state index contributed by atoms with van der Waals surface area (Å²) in [6.07, 6.45) is 1.54. The summed E-state index contributed by atoms with van der Waals surface area (Å²) in [5, 5.41) is 11.2. The summed E-state index contributed by atoms with van der Waals surface area (Å²) in [5.74, 6) is -0.388. The van der Waals surface area contributed by atoms with E-state index in [2.05, 4.69) is 4.40 Å². The maximum Gasteiger partial charge on any atom is 0.284 e. The number of nitro groups is 1. The summed E-state index contributed by atoms with van der Waals surface area (Å²) < 4.78 is 29.0. The highest BCUT2D eigenvalue weighted by Gasteiger charge is 2.34. The van der Waals surface area contributed by atoms with Crippen molar-refractivity contribution in [2.24, 2.45) is 4.40 Å². The third-order valence-electron chi connectivity index (χ3n) is 3.92. The van der Waals surface area contributed by atoms with Crippen LogP contribution in [0.2, 0.25) is 5.02 Å². The normalized spacial score (nSPS) is 17.3. The molecular weight excluding hydrogens is 438 g/mol. The van der Waals surface area contributed by atoms with E-state index in [1.807, 2.05) is 0 Å². The maximum atomic E-state index is 12.6. The van der Waals surface area contributed by atoms with Gasteiger partial charge in [0.2, 0.25) is 0 Å². The van der Waals surface area contributed by atoms with Crippen molar-refractivity contribution in [3.63, 3.8) is 0 Å². The molecule has 2 aromatic rings. The largest absolute Gasteiger partial charge is 0.286 e. The number of hydrogen-bond donors (Lipinski definition) is 0. The van der Waals surface area contributed by atoms with Gasteiger partial charge in [0.05, 0.1) is 14.7 Å². The second-order valence-corrected chi connectivity index (χ2v) is 8.86. The number of nitro benzene ring substituents is 1. The molecule has 0 spiro atoms. The second kappa shape index (κ2) is 8.36. The van der Waals surface area contributed by atoms with Crippen LogP contribution >= 0.6 is 23.4 Å². The molecule has 0 aromatic heterocycles. The van der Waals surface area contributed by atoms with Crippen molar-refractivity contribution >= 4 is 56.2 Å². The molecule has 1 saturated heterocycles. The van der Waals surface area contributed by atoms with Gasteiger partial charge in [-0.1, -0.05) is 11.6 Å². The number of amidine groups is 1. The molecule has 0 aliphatic carbocycles. The van der Waals surface area contributed by atoms with Crippen molar-refractivity contribution in [1.29, 1.82) is 0 Å². The average molecular weight is 452 g/mol. The van der Waals surface area contributed by atoms with E-state index in [1.54, 1.807) is 6.92 Å². The minimum atomic E-state index is -4.03. The van der Waals surface area contributed by atoms with Crippen molar-refractivity contribution in [2.45, 2.75) is 11.8 Å². The van der Waals surface area contributed by atoms with Crippen molar-refractivity contribution in [3.05, 3.63) is 74.1 Å². The molecule has 1 aliphatic heterocycles. The Morgan fingerprint density at radius 1 is 1.17 bits per heavy atom. The highest BCUT2D eigenvalue weighted by Crippen LogP contribution is 2.33. The predicted octanol–water partition coefficient (Wildman–Crippen LogP) is 3.93. The molecule has 0 radical (unpaired) electrons. The molecule has 0 unspecified atom stereocenters. The lowest BCUT2D eigenvalue weighted by Crippen LogP contribution is -2.29. The Kier molecular flexibility index (Phi) is 6.06. The lowest BCUT2D eigenvalue weighted by Gasteiger charge is -2.11. The van der Waals surface area contributed by atoms with Crippen LogP contribution in [-0.4, -0.2) is 35.9 Å². The fraction of sp³-hybridized carbons (Fsp3) is 0.111. The summed E-state index contributed by atoms with van der Waals surface area (Å²) in [6.45, 7) is 1.94. The van der Waals surface area contributed by atoms with Crippen LogP contribution in [0.4, 0.5) is 5.69 Å². The lowest BCUT2D eigenvalue weighted by atomic mass is 10.2. The number of nitrogens with zero attached hydrogens (tertiary/aromatic N) is 3. The Bertz CT molecular complexity index is 1130. The van der Waals surface area contributed by atoms with Gasteiger partial charge in [-0.3, -0.25) is 19.8 Å². The first kappa shape index (κ1) is 21.0. The number of benzene rings is 2. The topological polar surface area (TPSA) is 110 Å². The fourth-order valence-electron chi connectivity index (χ4n) is 2.46. The summed E-state index contributed by atoms with van der Waals surface area (Å²) in [5.41, 5.74) is 0.508. The van der Waals surface area contributed by atoms with Gasteiger partial charge < -0.3 is 0 Å². The highest BCUT2D eigenvalue weighted by atomic mass is 35.5. The van der Waals surface area contributed by atoms with Crippen molar-refractivity contribution < 1.29 is 18.1 Å². The maximum absolute atomic E-state index is 12.6. The number of hydrogen-bond acceptors (Lipinski definition) is 6. The van der Waals surface area contributed by atoms with Crippen LogP contribution in [-0.2, 0) is 14.8 Å². The van der Waals surface area contributed by atoms with E-state index in [0.717, 1.165) is 11.8 Å². The van der Waals surface area contributed by atoms with Crippen LogP contribution in [0.3, 0.4) is 0 Å².